The first kappa shape index (κ1) is 35.9. The van der Waals surface area contributed by atoms with Gasteiger partial charge in [-0.25, -0.2) is 4.39 Å². The van der Waals surface area contributed by atoms with E-state index < -0.39 is 77.8 Å². The molecule has 7 N–H and O–H groups in total. The molecule has 0 bridgehead atoms. The molecule has 1 unspecified atom stereocenters. The zero-order valence-corrected chi connectivity index (χ0v) is 26.8. The van der Waals surface area contributed by atoms with E-state index in [1.54, 1.807) is 6.20 Å². The minimum atomic E-state index is -1.23. The molecule has 1 aromatic heterocycles. The molecule has 256 valence electrons. The maximum atomic E-state index is 13.9. The fourth-order valence-electron chi connectivity index (χ4n) is 5.78. The number of nitrogens with zero attached hydrogens (tertiary/aromatic N) is 1. The van der Waals surface area contributed by atoms with E-state index in [2.05, 4.69) is 20.9 Å². The Bertz CT molecular complexity index is 1650. The number of primary amides is 1. The van der Waals surface area contributed by atoms with Crippen molar-refractivity contribution in [1.29, 1.82) is 0 Å². The van der Waals surface area contributed by atoms with E-state index in [0.717, 1.165) is 10.9 Å². The van der Waals surface area contributed by atoms with Gasteiger partial charge in [-0.3, -0.25) is 28.8 Å². The number of aliphatic carboxylic acids is 1. The number of piperidine rings is 1. The van der Waals surface area contributed by atoms with Crippen LogP contribution in [0.4, 0.5) is 4.39 Å². The number of rotatable bonds is 15. The second-order valence-electron chi connectivity index (χ2n) is 11.6. The molecule has 2 aromatic carbocycles. The van der Waals surface area contributed by atoms with Crippen LogP contribution in [0.2, 0.25) is 0 Å². The van der Waals surface area contributed by atoms with Crippen LogP contribution in [-0.4, -0.2) is 87.1 Å². The molecule has 2 heterocycles. The van der Waals surface area contributed by atoms with E-state index in [1.165, 1.54) is 29.2 Å². The number of carbonyl (C=O) groups excluding carboxylic acids is 5. The summed E-state index contributed by atoms with van der Waals surface area (Å²) in [5.41, 5.74) is 7.68. The minimum Gasteiger partial charge on any atom is -0.481 e. The summed E-state index contributed by atoms with van der Waals surface area (Å²) in [6.45, 7) is 0.165. The van der Waals surface area contributed by atoms with Crippen LogP contribution in [0.5, 0.6) is 0 Å². The normalized spacial score (nSPS) is 16.4. The fourth-order valence-corrected chi connectivity index (χ4v) is 5.85. The monoisotopic (exact) mass is 684 g/mol. The highest BCUT2D eigenvalue weighted by molar-refractivity contribution is 6.27. The number of amides is 5. The smallest absolute Gasteiger partial charge is 0.303 e. The molecule has 0 aliphatic carbocycles. The molecule has 4 atom stereocenters. The summed E-state index contributed by atoms with van der Waals surface area (Å²) in [4.78, 5) is 81.5. The highest BCUT2D eigenvalue weighted by atomic mass is 35.5. The van der Waals surface area contributed by atoms with Gasteiger partial charge < -0.3 is 36.7 Å². The van der Waals surface area contributed by atoms with Gasteiger partial charge in [0.15, 0.2) is 0 Å². The number of carboxylic acid groups (broad SMARTS) is 1. The Balaban J connectivity index is 1.58. The molecule has 0 spiro atoms. The third-order valence-electron chi connectivity index (χ3n) is 8.24. The van der Waals surface area contributed by atoms with Crippen molar-refractivity contribution in [2.24, 2.45) is 5.73 Å². The van der Waals surface area contributed by atoms with Gasteiger partial charge in [0, 0.05) is 42.9 Å². The molecule has 1 saturated heterocycles. The molecule has 0 radical (unpaired) electrons. The number of nitrogens with two attached hydrogens (primary N) is 1. The van der Waals surface area contributed by atoms with Gasteiger partial charge in [0.25, 0.3) is 0 Å². The van der Waals surface area contributed by atoms with Crippen molar-refractivity contribution in [3.05, 3.63) is 71.7 Å². The lowest BCUT2D eigenvalue weighted by molar-refractivity contribution is -0.146. The van der Waals surface area contributed by atoms with Gasteiger partial charge in [0.2, 0.25) is 29.5 Å². The quantitative estimate of drug-likeness (QED) is 0.130. The SMILES string of the molecule is NC(=O)[C@H](Cc1ccc(F)cc1)NC(=O)C(Cc1c[nH]c2ccccc12)NC(=O)[C@@H]1CCCCN1C(=O)[C@H](CCC(=O)O)NC(=O)CCl. The number of carbonyl (C=O) groups is 6. The molecule has 3 aromatic rings. The van der Waals surface area contributed by atoms with Crippen molar-refractivity contribution < 1.29 is 38.3 Å². The van der Waals surface area contributed by atoms with Gasteiger partial charge in [-0.1, -0.05) is 30.3 Å². The molecule has 0 saturated carbocycles. The summed E-state index contributed by atoms with van der Waals surface area (Å²) in [6.07, 6.45) is 2.49. The van der Waals surface area contributed by atoms with E-state index in [0.29, 0.717) is 24.0 Å². The number of halogens is 2. The number of H-pyrrole nitrogens is 1. The number of alkyl halides is 1. The minimum absolute atomic E-state index is 0.0112. The summed E-state index contributed by atoms with van der Waals surface area (Å²) < 4.78 is 13.5. The maximum Gasteiger partial charge on any atom is 0.303 e. The Morgan fingerprint density at radius 2 is 1.69 bits per heavy atom. The van der Waals surface area contributed by atoms with E-state index in [-0.39, 0.29) is 32.2 Å². The standard InChI is InChI=1S/C33H38ClFN6O7/c34-17-28(42)38-24(12-13-29(43)44)33(48)41-14-4-3-7-27(41)32(47)40-26(16-20-18-37-23-6-2-1-5-22(20)23)31(46)39-25(30(36)45)15-19-8-10-21(35)11-9-19/h1-2,5-6,8-11,18,24-27,37H,3-4,7,12-17H2,(H2,36,45)(H,38,42)(H,39,46)(H,40,47)(H,43,44)/t24-,25-,26?,27-/m0/s1. The van der Waals surface area contributed by atoms with Crippen LogP contribution in [0.25, 0.3) is 10.9 Å². The molecule has 5 amide bonds. The second-order valence-corrected chi connectivity index (χ2v) is 11.9. The number of benzene rings is 2. The second kappa shape index (κ2) is 16.7. The van der Waals surface area contributed by atoms with Crippen LogP contribution in [0, 0.1) is 5.82 Å². The third kappa shape index (κ3) is 9.53. The van der Waals surface area contributed by atoms with Gasteiger partial charge in [-0.05, 0) is 55.0 Å². The van der Waals surface area contributed by atoms with E-state index in [9.17, 15) is 38.3 Å². The predicted octanol–water partition coefficient (Wildman–Crippen LogP) is 1.52. The van der Waals surface area contributed by atoms with Gasteiger partial charge in [0.1, 0.15) is 35.9 Å². The molecular formula is C33H38ClFN6O7. The van der Waals surface area contributed by atoms with Gasteiger partial charge in [0.05, 0.1) is 0 Å². The Kier molecular flexibility index (Phi) is 12.5. The lowest BCUT2D eigenvalue weighted by Gasteiger charge is -2.37. The molecule has 1 aliphatic heterocycles. The number of hydrogen-bond donors (Lipinski definition) is 6. The lowest BCUT2D eigenvalue weighted by Crippen LogP contribution is -2.60. The van der Waals surface area contributed by atoms with Crippen molar-refractivity contribution >= 4 is 58.0 Å². The Morgan fingerprint density at radius 3 is 2.38 bits per heavy atom. The number of carboxylic acids is 1. The van der Waals surface area contributed by atoms with Crippen molar-refractivity contribution in [2.75, 3.05) is 12.4 Å². The van der Waals surface area contributed by atoms with Crippen LogP contribution in [0.1, 0.15) is 43.2 Å². The van der Waals surface area contributed by atoms with Gasteiger partial charge in [-0.2, -0.15) is 0 Å². The van der Waals surface area contributed by atoms with Crippen molar-refractivity contribution in [2.45, 2.75) is 69.1 Å². The van der Waals surface area contributed by atoms with E-state index >= 15 is 0 Å². The Hall–Kier alpha value is -4.98. The number of aromatic amines is 1. The molecule has 13 nitrogen and oxygen atoms in total. The largest absolute Gasteiger partial charge is 0.481 e. The number of hydrogen-bond acceptors (Lipinski definition) is 6. The number of aromatic nitrogens is 1. The summed E-state index contributed by atoms with van der Waals surface area (Å²) in [7, 11) is 0. The number of para-hydroxylation sites is 1. The lowest BCUT2D eigenvalue weighted by atomic mass is 9.97. The Labute approximate surface area is 280 Å². The number of fused-ring (bicyclic) bond motifs is 1. The number of likely N-dealkylation sites (tertiary alicyclic amines) is 1. The predicted molar refractivity (Wildman–Crippen MR) is 174 cm³/mol. The zero-order valence-electron chi connectivity index (χ0n) is 26.0. The summed E-state index contributed by atoms with van der Waals surface area (Å²) in [5, 5.41) is 17.8. The molecule has 1 fully saturated rings. The fraction of sp³-hybridized carbons (Fsp3) is 0.394. The molecule has 4 rings (SSSR count). The highest BCUT2D eigenvalue weighted by Gasteiger charge is 2.38. The first-order valence-corrected chi connectivity index (χ1v) is 16.1. The molecule has 48 heavy (non-hydrogen) atoms. The van der Waals surface area contributed by atoms with Crippen molar-refractivity contribution in [3.8, 4) is 0 Å². The third-order valence-corrected chi connectivity index (χ3v) is 8.48. The van der Waals surface area contributed by atoms with E-state index in [1.807, 2.05) is 24.3 Å². The van der Waals surface area contributed by atoms with Crippen LogP contribution in [0.15, 0.2) is 54.7 Å². The van der Waals surface area contributed by atoms with E-state index in [4.69, 9.17) is 17.3 Å². The summed E-state index contributed by atoms with van der Waals surface area (Å²) in [5.74, 6) is -5.57. The van der Waals surface area contributed by atoms with Gasteiger partial charge >= 0.3 is 5.97 Å². The first-order valence-electron chi connectivity index (χ1n) is 15.5. The van der Waals surface area contributed by atoms with Crippen molar-refractivity contribution in [3.63, 3.8) is 0 Å². The topological polar surface area (TPSA) is 204 Å². The number of nitrogens with one attached hydrogen (secondary N) is 4. The zero-order chi connectivity index (χ0) is 34.8. The average Bonchev–Trinajstić information content (AvgIpc) is 3.48. The van der Waals surface area contributed by atoms with Crippen LogP contribution in [0.3, 0.4) is 0 Å². The summed E-state index contributed by atoms with van der Waals surface area (Å²) >= 11 is 5.62. The van der Waals surface area contributed by atoms with Crippen molar-refractivity contribution in [1.82, 2.24) is 25.8 Å². The highest BCUT2D eigenvalue weighted by Crippen LogP contribution is 2.22. The first-order chi connectivity index (χ1) is 23.0. The van der Waals surface area contributed by atoms with Crippen LogP contribution >= 0.6 is 11.6 Å². The van der Waals surface area contributed by atoms with Gasteiger partial charge in [-0.15, -0.1) is 11.6 Å². The van der Waals surface area contributed by atoms with Crippen LogP contribution < -0.4 is 21.7 Å². The maximum absolute atomic E-state index is 13.9. The average molecular weight is 685 g/mol. The molecule has 15 heteroatoms. The molecular weight excluding hydrogens is 647 g/mol. The Morgan fingerprint density at radius 1 is 0.958 bits per heavy atom. The summed E-state index contributed by atoms with van der Waals surface area (Å²) in [6, 6.07) is 8.10. The molecule has 1 aliphatic rings. The van der Waals surface area contributed by atoms with Crippen LogP contribution in [-0.2, 0) is 41.6 Å².